The average Bonchev–Trinajstić information content (AvgIpc) is 3.17. The molecule has 0 bridgehead atoms. The van der Waals surface area contributed by atoms with Gasteiger partial charge in [-0.05, 0) is 47.4 Å². The van der Waals surface area contributed by atoms with Gasteiger partial charge in [0.05, 0.1) is 17.5 Å². The quantitative estimate of drug-likeness (QED) is 0.833. The summed E-state index contributed by atoms with van der Waals surface area (Å²) in [5.74, 6) is 0.838. The maximum absolute atomic E-state index is 12.2. The zero-order valence-electron chi connectivity index (χ0n) is 13.5. The van der Waals surface area contributed by atoms with Crippen molar-refractivity contribution in [2.24, 2.45) is 0 Å². The van der Waals surface area contributed by atoms with E-state index in [9.17, 15) is 8.42 Å². The smallest absolute Gasteiger partial charge is 0.240 e. The molecule has 1 saturated carbocycles. The van der Waals surface area contributed by atoms with Crippen LogP contribution in [0.15, 0.2) is 23.1 Å². The maximum atomic E-state index is 12.2. The van der Waals surface area contributed by atoms with Crippen LogP contribution < -0.4 is 9.62 Å². The fourth-order valence-corrected chi connectivity index (χ4v) is 4.18. The van der Waals surface area contributed by atoms with Gasteiger partial charge in [-0.3, -0.25) is 0 Å². The number of nitrogens with zero attached hydrogens (tertiary/aromatic N) is 5. The number of benzene rings is 1. The molecule has 0 atom stereocenters. The molecule has 24 heavy (non-hydrogen) atoms. The number of tetrazole rings is 1. The molecule has 2 aliphatic rings. The Morgan fingerprint density at radius 2 is 2.17 bits per heavy atom. The topological polar surface area (TPSA) is 93.0 Å². The van der Waals surface area contributed by atoms with Crippen molar-refractivity contribution in [2.45, 2.75) is 43.7 Å². The first kappa shape index (κ1) is 15.5. The molecule has 0 spiro atoms. The normalized spacial score (nSPS) is 17.3. The SMILES string of the molecule is CCNS(=O)(=O)c1ccc2c(c1)N(Cc1nnnn1C1CC1)CC2. The molecule has 9 heteroatoms. The van der Waals surface area contributed by atoms with Crippen LogP contribution in [-0.4, -0.2) is 41.7 Å². The number of hydrogen-bond acceptors (Lipinski definition) is 6. The Morgan fingerprint density at radius 3 is 2.92 bits per heavy atom. The summed E-state index contributed by atoms with van der Waals surface area (Å²) in [5.41, 5.74) is 2.12. The van der Waals surface area contributed by atoms with Gasteiger partial charge >= 0.3 is 0 Å². The third-order valence-corrected chi connectivity index (χ3v) is 6.02. The second-order valence-electron chi connectivity index (χ2n) is 6.23. The van der Waals surface area contributed by atoms with Crippen LogP contribution in [0.1, 0.15) is 37.2 Å². The summed E-state index contributed by atoms with van der Waals surface area (Å²) >= 11 is 0. The van der Waals surface area contributed by atoms with Crippen molar-refractivity contribution >= 4 is 15.7 Å². The Balaban J connectivity index is 1.62. The van der Waals surface area contributed by atoms with Crippen molar-refractivity contribution in [3.8, 4) is 0 Å². The van der Waals surface area contributed by atoms with E-state index in [2.05, 4.69) is 25.1 Å². The zero-order chi connectivity index (χ0) is 16.7. The third-order valence-electron chi connectivity index (χ3n) is 4.48. The minimum atomic E-state index is -3.45. The Labute approximate surface area is 140 Å². The fourth-order valence-electron chi connectivity index (χ4n) is 3.12. The molecule has 1 fully saturated rings. The Hall–Kier alpha value is -2.00. The first-order valence-electron chi connectivity index (χ1n) is 8.23. The van der Waals surface area contributed by atoms with Crippen molar-refractivity contribution in [1.82, 2.24) is 24.9 Å². The summed E-state index contributed by atoms with van der Waals surface area (Å²) in [7, 11) is -3.45. The second-order valence-corrected chi connectivity index (χ2v) is 8.00. The van der Waals surface area contributed by atoms with E-state index in [0.717, 1.165) is 42.9 Å². The Morgan fingerprint density at radius 1 is 1.33 bits per heavy atom. The molecular weight excluding hydrogens is 328 g/mol. The van der Waals surface area contributed by atoms with Gasteiger partial charge in [-0.2, -0.15) is 0 Å². The molecule has 1 aliphatic carbocycles. The lowest BCUT2D eigenvalue weighted by Gasteiger charge is -2.19. The van der Waals surface area contributed by atoms with Crippen molar-refractivity contribution in [2.75, 3.05) is 18.0 Å². The van der Waals surface area contributed by atoms with Gasteiger partial charge in [0.2, 0.25) is 10.0 Å². The highest BCUT2D eigenvalue weighted by Gasteiger charge is 2.30. The highest BCUT2D eigenvalue weighted by atomic mass is 32.2. The molecule has 1 aromatic carbocycles. The molecule has 1 N–H and O–H groups in total. The molecule has 0 unspecified atom stereocenters. The van der Waals surface area contributed by atoms with Crippen LogP contribution >= 0.6 is 0 Å². The van der Waals surface area contributed by atoms with Crippen LogP contribution in [0.5, 0.6) is 0 Å². The predicted molar refractivity (Wildman–Crippen MR) is 88.1 cm³/mol. The van der Waals surface area contributed by atoms with Gasteiger partial charge < -0.3 is 4.90 Å². The zero-order valence-corrected chi connectivity index (χ0v) is 14.3. The van der Waals surface area contributed by atoms with E-state index >= 15 is 0 Å². The monoisotopic (exact) mass is 348 g/mol. The van der Waals surface area contributed by atoms with Gasteiger partial charge in [0.15, 0.2) is 5.82 Å². The number of rotatable bonds is 6. The summed E-state index contributed by atoms with van der Waals surface area (Å²) in [5, 5.41) is 12.0. The predicted octanol–water partition coefficient (Wildman–Crippen LogP) is 0.869. The van der Waals surface area contributed by atoms with E-state index in [1.54, 1.807) is 19.1 Å². The molecule has 8 nitrogen and oxygen atoms in total. The number of aromatic nitrogens is 4. The largest absolute Gasteiger partial charge is 0.363 e. The molecule has 1 aliphatic heterocycles. The molecule has 4 rings (SSSR count). The minimum absolute atomic E-state index is 0.303. The van der Waals surface area contributed by atoms with Crippen LogP contribution in [0.3, 0.4) is 0 Å². The minimum Gasteiger partial charge on any atom is -0.363 e. The van der Waals surface area contributed by atoms with Gasteiger partial charge in [0, 0.05) is 18.8 Å². The molecular formula is C15H20N6O2S. The highest BCUT2D eigenvalue weighted by molar-refractivity contribution is 7.89. The molecule has 0 radical (unpaired) electrons. The molecule has 1 aromatic heterocycles. The Bertz CT molecular complexity index is 859. The van der Waals surface area contributed by atoms with Gasteiger partial charge in [-0.1, -0.05) is 13.0 Å². The summed E-state index contributed by atoms with van der Waals surface area (Å²) in [6, 6.07) is 5.77. The van der Waals surface area contributed by atoms with E-state index in [1.165, 1.54) is 0 Å². The van der Waals surface area contributed by atoms with Crippen molar-refractivity contribution in [3.05, 3.63) is 29.6 Å². The second kappa shape index (κ2) is 5.82. The fraction of sp³-hybridized carbons (Fsp3) is 0.533. The number of fused-ring (bicyclic) bond motifs is 1. The van der Waals surface area contributed by atoms with Gasteiger partial charge in [0.1, 0.15) is 0 Å². The first-order chi connectivity index (χ1) is 11.6. The first-order valence-corrected chi connectivity index (χ1v) is 9.71. The maximum Gasteiger partial charge on any atom is 0.240 e. The lowest BCUT2D eigenvalue weighted by Crippen LogP contribution is -2.24. The van der Waals surface area contributed by atoms with Crippen molar-refractivity contribution in [1.29, 1.82) is 0 Å². The van der Waals surface area contributed by atoms with E-state index in [0.29, 0.717) is 24.0 Å². The molecule has 0 amide bonds. The molecule has 2 heterocycles. The Kier molecular flexibility index (Phi) is 3.76. The van der Waals surface area contributed by atoms with Crippen LogP contribution in [0.25, 0.3) is 0 Å². The van der Waals surface area contributed by atoms with Crippen molar-refractivity contribution in [3.63, 3.8) is 0 Å². The number of hydrogen-bond donors (Lipinski definition) is 1. The summed E-state index contributed by atoms with van der Waals surface area (Å²) in [4.78, 5) is 2.46. The summed E-state index contributed by atoms with van der Waals surface area (Å²) < 4.78 is 28.9. The molecule has 2 aromatic rings. The van der Waals surface area contributed by atoms with E-state index in [1.807, 2.05) is 10.7 Å². The van der Waals surface area contributed by atoms with Crippen LogP contribution in [0.4, 0.5) is 5.69 Å². The van der Waals surface area contributed by atoms with Gasteiger partial charge in [-0.25, -0.2) is 17.8 Å². The van der Waals surface area contributed by atoms with E-state index in [-0.39, 0.29) is 0 Å². The van der Waals surface area contributed by atoms with Gasteiger partial charge in [-0.15, -0.1) is 5.10 Å². The average molecular weight is 348 g/mol. The standard InChI is InChI=1S/C15H20N6O2S/c1-2-16-24(22,23)13-6-3-11-7-8-20(14(11)9-13)10-15-17-18-19-21(15)12-4-5-12/h3,6,9,12,16H,2,4-5,7-8,10H2,1H3. The van der Waals surface area contributed by atoms with E-state index in [4.69, 9.17) is 0 Å². The lowest BCUT2D eigenvalue weighted by atomic mass is 10.2. The third kappa shape index (κ3) is 2.78. The van der Waals surface area contributed by atoms with Crippen molar-refractivity contribution < 1.29 is 8.42 Å². The molecule has 0 saturated heterocycles. The van der Waals surface area contributed by atoms with Crippen LogP contribution in [0.2, 0.25) is 0 Å². The summed E-state index contributed by atoms with van der Waals surface area (Å²) in [6.45, 7) is 3.59. The van der Waals surface area contributed by atoms with E-state index < -0.39 is 10.0 Å². The number of anilines is 1. The highest BCUT2D eigenvalue weighted by Crippen LogP contribution is 2.36. The van der Waals surface area contributed by atoms with Gasteiger partial charge in [0.25, 0.3) is 0 Å². The lowest BCUT2D eigenvalue weighted by molar-refractivity contribution is 0.576. The number of nitrogens with one attached hydrogen (secondary N) is 1. The van der Waals surface area contributed by atoms with Crippen LogP contribution in [0, 0.1) is 0 Å². The van der Waals surface area contributed by atoms with Crippen LogP contribution in [-0.2, 0) is 23.0 Å². The molecule has 128 valence electrons. The number of sulfonamides is 1. The summed E-state index contributed by atoms with van der Waals surface area (Å²) in [6.07, 6.45) is 3.15.